The van der Waals surface area contributed by atoms with Crippen LogP contribution in [-0.2, 0) is 9.53 Å². The van der Waals surface area contributed by atoms with E-state index in [2.05, 4.69) is 52.2 Å². The zero-order valence-corrected chi connectivity index (χ0v) is 15.0. The number of nitrogens with one attached hydrogen (secondary N) is 1. The van der Waals surface area contributed by atoms with Crippen molar-refractivity contribution in [3.05, 3.63) is 39.5 Å². The number of rotatable bonds is 5. The predicted molar refractivity (Wildman–Crippen MR) is 97.2 cm³/mol. The summed E-state index contributed by atoms with van der Waals surface area (Å²) in [5.74, 6) is -0.327. The van der Waals surface area contributed by atoms with Gasteiger partial charge in [0.25, 0.3) is 0 Å². The minimum absolute atomic E-state index is 0.141. The van der Waals surface area contributed by atoms with E-state index in [0.29, 0.717) is 6.04 Å². The molecular formula is C18H21FINO2. The molecule has 2 bridgehead atoms. The van der Waals surface area contributed by atoms with Crippen LogP contribution in [0.3, 0.4) is 0 Å². The van der Waals surface area contributed by atoms with Crippen molar-refractivity contribution >= 4 is 34.6 Å². The van der Waals surface area contributed by atoms with Crippen LogP contribution in [0.5, 0.6) is 0 Å². The number of alkyl halides is 1. The van der Waals surface area contributed by atoms with Crippen molar-refractivity contribution in [2.75, 3.05) is 13.3 Å². The van der Waals surface area contributed by atoms with Gasteiger partial charge in [-0.1, -0.05) is 46.9 Å². The lowest BCUT2D eigenvalue weighted by molar-refractivity contribution is -0.151. The number of ether oxygens (including phenoxy) is 1. The van der Waals surface area contributed by atoms with Gasteiger partial charge in [-0.2, -0.15) is 0 Å². The average molecular weight is 428 g/mol. The molecule has 1 N–H and O–H groups in total. The molecule has 4 unspecified atom stereocenters. The average Bonchev–Trinajstić information content (AvgIpc) is 2.94. The molecule has 0 saturated carbocycles. The fourth-order valence-corrected chi connectivity index (χ4v) is 4.30. The Morgan fingerprint density at radius 3 is 2.83 bits per heavy atom. The molecule has 124 valence electrons. The summed E-state index contributed by atoms with van der Waals surface area (Å²) in [6.07, 6.45) is 5.08. The predicted octanol–water partition coefficient (Wildman–Crippen LogP) is 3.83. The number of hydrogen-bond donors (Lipinski definition) is 1. The highest BCUT2D eigenvalue weighted by Gasteiger charge is 2.46. The van der Waals surface area contributed by atoms with Crippen molar-refractivity contribution in [1.82, 2.24) is 5.32 Å². The number of fused-ring (bicyclic) bond motifs is 2. The third-order valence-corrected chi connectivity index (χ3v) is 5.25. The second-order valence-corrected chi connectivity index (χ2v) is 6.95. The van der Waals surface area contributed by atoms with Gasteiger partial charge in [-0.25, -0.2) is 4.39 Å². The standard InChI is InChI=1S/C18H21FINO2/c19-8-10-23-18(22)17-15(11-14-5-6-16(17)21-14)13-3-1-12(2-4-13)7-9-20/h1-4,7,9,14-17,21H,5-6,8,10-11H2/b9-7-/i19-1. The van der Waals surface area contributed by atoms with Gasteiger partial charge in [-0.15, -0.1) is 0 Å². The summed E-state index contributed by atoms with van der Waals surface area (Å²) >= 11 is 2.20. The quantitative estimate of drug-likeness (QED) is 0.573. The van der Waals surface area contributed by atoms with Crippen molar-refractivity contribution in [2.24, 2.45) is 5.92 Å². The van der Waals surface area contributed by atoms with Crippen LogP contribution in [0, 0.1) is 5.92 Å². The highest BCUT2D eigenvalue weighted by atomic mass is 127. The molecule has 0 spiro atoms. The topological polar surface area (TPSA) is 38.3 Å². The first-order valence-electron chi connectivity index (χ1n) is 8.08. The van der Waals surface area contributed by atoms with Gasteiger partial charge in [0.1, 0.15) is 13.3 Å². The van der Waals surface area contributed by atoms with E-state index in [4.69, 9.17) is 4.74 Å². The molecule has 2 heterocycles. The fraction of sp³-hybridized carbons (Fsp3) is 0.500. The Bertz CT molecular complexity index is 575. The number of halogens is 2. The number of carbonyl (C=O) groups excluding carboxylic acids is 1. The van der Waals surface area contributed by atoms with Gasteiger partial charge in [-0.05, 0) is 40.5 Å². The van der Waals surface area contributed by atoms with E-state index in [9.17, 15) is 9.18 Å². The van der Waals surface area contributed by atoms with Crippen molar-refractivity contribution in [3.63, 3.8) is 0 Å². The monoisotopic (exact) mass is 428 g/mol. The largest absolute Gasteiger partial charge is 0.463 e. The fourth-order valence-electron chi connectivity index (χ4n) is 3.89. The second kappa shape index (κ2) is 7.75. The molecular weight excluding hydrogens is 407 g/mol. The number of benzene rings is 1. The van der Waals surface area contributed by atoms with Crippen molar-refractivity contribution in [1.29, 1.82) is 0 Å². The van der Waals surface area contributed by atoms with Gasteiger partial charge in [0.05, 0.1) is 5.92 Å². The van der Waals surface area contributed by atoms with E-state index in [1.165, 1.54) is 5.56 Å². The Balaban J connectivity index is 1.83. The van der Waals surface area contributed by atoms with Gasteiger partial charge in [-0.3, -0.25) is 4.79 Å². The first kappa shape index (κ1) is 16.9. The van der Waals surface area contributed by atoms with Crippen LogP contribution >= 0.6 is 22.6 Å². The summed E-state index contributed by atoms with van der Waals surface area (Å²) in [5, 5.41) is 3.52. The van der Waals surface area contributed by atoms with Crippen molar-refractivity contribution < 1.29 is 13.9 Å². The maximum Gasteiger partial charge on any atom is 0.311 e. The van der Waals surface area contributed by atoms with Crippen LogP contribution in [-0.4, -0.2) is 31.3 Å². The van der Waals surface area contributed by atoms with Gasteiger partial charge in [0.2, 0.25) is 0 Å². The molecule has 2 aliphatic rings. The van der Waals surface area contributed by atoms with Crippen LogP contribution in [0.4, 0.5) is 4.39 Å². The Morgan fingerprint density at radius 1 is 1.35 bits per heavy atom. The summed E-state index contributed by atoms with van der Waals surface area (Å²) in [7, 11) is 0. The summed E-state index contributed by atoms with van der Waals surface area (Å²) in [6, 6.07) is 9.01. The lowest BCUT2D eigenvalue weighted by Crippen LogP contribution is -2.48. The minimum atomic E-state index is -0.624. The molecule has 2 saturated heterocycles. The van der Waals surface area contributed by atoms with Gasteiger partial charge >= 0.3 is 5.97 Å². The summed E-state index contributed by atoms with van der Waals surface area (Å²) in [6.45, 7) is -0.765. The molecule has 0 aromatic heterocycles. The van der Waals surface area contributed by atoms with E-state index < -0.39 is 6.67 Å². The van der Waals surface area contributed by atoms with E-state index in [1.807, 2.05) is 10.2 Å². The molecule has 4 atom stereocenters. The van der Waals surface area contributed by atoms with Crippen LogP contribution in [0.15, 0.2) is 28.3 Å². The molecule has 0 amide bonds. The number of hydrogen-bond acceptors (Lipinski definition) is 3. The van der Waals surface area contributed by atoms with Crippen LogP contribution in [0.25, 0.3) is 6.08 Å². The Labute approximate surface area is 149 Å². The van der Waals surface area contributed by atoms with Crippen LogP contribution in [0.1, 0.15) is 36.3 Å². The van der Waals surface area contributed by atoms with E-state index in [1.54, 1.807) is 0 Å². The van der Waals surface area contributed by atoms with Crippen LogP contribution in [0.2, 0.25) is 0 Å². The zero-order chi connectivity index (χ0) is 16.2. The van der Waals surface area contributed by atoms with Gasteiger partial charge < -0.3 is 10.1 Å². The molecule has 0 aliphatic carbocycles. The van der Waals surface area contributed by atoms with E-state index in [-0.39, 0.29) is 30.5 Å². The summed E-state index contributed by atoms with van der Waals surface area (Å²) < 4.78 is 19.5. The summed E-state index contributed by atoms with van der Waals surface area (Å²) in [4.78, 5) is 12.5. The lowest BCUT2D eigenvalue weighted by Gasteiger charge is -2.36. The van der Waals surface area contributed by atoms with Crippen molar-refractivity contribution in [2.45, 2.75) is 37.3 Å². The van der Waals surface area contributed by atoms with Crippen molar-refractivity contribution in [3.8, 4) is 0 Å². The lowest BCUT2D eigenvalue weighted by atomic mass is 9.77. The highest BCUT2D eigenvalue weighted by Crippen LogP contribution is 2.42. The SMILES string of the molecule is O=C(OCC[18F])C1C2CCC(CC1c1ccc(/C=C\I)cc1)N2. The molecule has 0 radical (unpaired) electrons. The molecule has 2 fully saturated rings. The molecule has 5 heteroatoms. The van der Waals surface area contributed by atoms with Crippen LogP contribution < -0.4 is 5.32 Å². The minimum Gasteiger partial charge on any atom is -0.463 e. The molecule has 23 heavy (non-hydrogen) atoms. The zero-order valence-electron chi connectivity index (χ0n) is 12.9. The number of carbonyl (C=O) groups is 1. The van der Waals surface area contributed by atoms with E-state index >= 15 is 0 Å². The molecule has 2 aliphatic heterocycles. The van der Waals surface area contributed by atoms with Gasteiger partial charge in [0, 0.05) is 18.0 Å². The molecule has 3 nitrogen and oxygen atoms in total. The third kappa shape index (κ3) is 3.76. The normalized spacial score (nSPS) is 29.8. The highest BCUT2D eigenvalue weighted by molar-refractivity contribution is 14.1. The van der Waals surface area contributed by atoms with Gasteiger partial charge in [0.15, 0.2) is 0 Å². The Hall–Kier alpha value is -0.950. The first-order valence-corrected chi connectivity index (χ1v) is 9.33. The molecule has 1 aromatic carbocycles. The maximum atomic E-state index is 12.5. The smallest absolute Gasteiger partial charge is 0.311 e. The maximum absolute atomic E-state index is 12.5. The Kier molecular flexibility index (Phi) is 5.69. The number of piperidine rings is 1. The number of esters is 1. The Morgan fingerprint density at radius 2 is 2.13 bits per heavy atom. The summed E-state index contributed by atoms with van der Waals surface area (Å²) in [5.41, 5.74) is 2.33. The first-order chi connectivity index (χ1) is 11.2. The second-order valence-electron chi connectivity index (χ2n) is 6.23. The third-order valence-electron chi connectivity index (χ3n) is 4.90. The molecule has 1 aromatic rings. The van der Waals surface area contributed by atoms with E-state index in [0.717, 1.165) is 24.8 Å². The molecule has 3 rings (SSSR count).